The number of sulfonamides is 1. The number of amidine groups is 1. The largest absolute Gasteiger partial charge is 0.380 e. The average Bonchev–Trinajstić information content (AvgIpc) is 2.53. The number of ether oxygens (including phenoxy) is 1. The van der Waals surface area contributed by atoms with Crippen molar-refractivity contribution in [3.63, 3.8) is 0 Å². The molecule has 0 saturated heterocycles. The topological polar surface area (TPSA) is 88.1 Å². The number of carbonyl (C=O) groups is 1. The fraction of sp³-hybridized carbons (Fsp3) is 0.647. The minimum Gasteiger partial charge on any atom is -0.380 e. The Balaban J connectivity index is 1.48. The van der Waals surface area contributed by atoms with E-state index in [1.54, 1.807) is 30.4 Å². The van der Waals surface area contributed by atoms with Gasteiger partial charge in [-0.1, -0.05) is 13.3 Å². The molecule has 3 unspecified atom stereocenters. The normalized spacial score (nSPS) is 34.3. The van der Waals surface area contributed by atoms with Crippen LogP contribution in [-0.2, 0) is 19.6 Å². The molecule has 2 saturated carbocycles. The van der Waals surface area contributed by atoms with E-state index in [0.29, 0.717) is 23.9 Å². The van der Waals surface area contributed by atoms with Crippen LogP contribution in [0, 0.1) is 11.3 Å². The van der Waals surface area contributed by atoms with Gasteiger partial charge in [0.05, 0.1) is 17.4 Å². The summed E-state index contributed by atoms with van der Waals surface area (Å²) in [5.41, 5.74) is 0.620. The first kappa shape index (κ1) is 16.8. The Morgan fingerprint density at radius 2 is 2.16 bits per heavy atom. The van der Waals surface area contributed by atoms with Gasteiger partial charge >= 0.3 is 0 Å². The Hall–Kier alpha value is -1.67. The number of fused-ring (bicyclic) bond motifs is 1. The number of nitrogens with zero attached hydrogens (tertiary/aromatic N) is 2. The van der Waals surface area contributed by atoms with E-state index in [2.05, 4.69) is 16.6 Å². The number of methoxy groups -OCH3 is 1. The molecule has 1 amide bonds. The zero-order valence-corrected chi connectivity index (χ0v) is 15.3. The molecule has 3 atom stereocenters. The van der Waals surface area contributed by atoms with Crippen molar-refractivity contribution >= 4 is 21.8 Å². The summed E-state index contributed by atoms with van der Waals surface area (Å²) in [4.78, 5) is 14.4. The molecule has 1 N–H and O–H groups in total. The van der Waals surface area contributed by atoms with E-state index < -0.39 is 10.0 Å². The van der Waals surface area contributed by atoms with E-state index in [1.807, 2.05) is 0 Å². The fourth-order valence-electron chi connectivity index (χ4n) is 4.75. The maximum Gasteiger partial charge on any atom is 0.256 e. The molecule has 2 fully saturated rings. The molecule has 136 valence electrons. The minimum absolute atomic E-state index is 0.0337. The molecule has 0 aromatic heterocycles. The van der Waals surface area contributed by atoms with Gasteiger partial charge in [0, 0.05) is 37.2 Å². The summed E-state index contributed by atoms with van der Waals surface area (Å²) in [6, 6.07) is 0.129. The fourth-order valence-corrected chi connectivity index (χ4v) is 5.71. The van der Waals surface area contributed by atoms with Gasteiger partial charge in [-0.05, 0) is 25.0 Å². The van der Waals surface area contributed by atoms with E-state index in [9.17, 15) is 13.2 Å². The molecule has 25 heavy (non-hydrogen) atoms. The smallest absolute Gasteiger partial charge is 0.256 e. The number of rotatable bonds is 3. The highest BCUT2D eigenvalue weighted by molar-refractivity contribution is 7.90. The number of hydrogen-bond donors (Lipinski definition) is 1. The number of nitrogens with one attached hydrogen (secondary N) is 1. The quantitative estimate of drug-likeness (QED) is 0.799. The van der Waals surface area contributed by atoms with Crippen LogP contribution in [0.25, 0.3) is 0 Å². The summed E-state index contributed by atoms with van der Waals surface area (Å²) in [6.07, 6.45) is 8.50. The molecular weight excluding hydrogens is 342 g/mol. The number of amides is 1. The third-order valence-corrected chi connectivity index (χ3v) is 7.26. The monoisotopic (exact) mass is 365 g/mol. The third kappa shape index (κ3) is 2.54. The highest BCUT2D eigenvalue weighted by atomic mass is 32.2. The summed E-state index contributed by atoms with van der Waals surface area (Å²) in [7, 11) is -1.63. The minimum atomic E-state index is -3.38. The molecule has 4 aliphatic rings. The van der Waals surface area contributed by atoms with Crippen molar-refractivity contribution < 1.29 is 17.9 Å². The Morgan fingerprint density at radius 3 is 2.80 bits per heavy atom. The van der Waals surface area contributed by atoms with Crippen molar-refractivity contribution in [2.75, 3.05) is 19.4 Å². The van der Waals surface area contributed by atoms with E-state index in [1.165, 1.54) is 6.42 Å². The molecule has 4 rings (SSSR count). The molecule has 0 aromatic rings. The average molecular weight is 365 g/mol. The van der Waals surface area contributed by atoms with Crippen molar-refractivity contribution in [2.45, 2.75) is 38.3 Å². The van der Waals surface area contributed by atoms with Crippen molar-refractivity contribution in [2.24, 2.45) is 15.7 Å². The van der Waals surface area contributed by atoms with Crippen molar-refractivity contribution in [1.29, 1.82) is 0 Å². The highest BCUT2D eigenvalue weighted by Crippen LogP contribution is 2.59. The van der Waals surface area contributed by atoms with Crippen LogP contribution in [0.2, 0.25) is 0 Å². The number of hydrogen-bond acceptors (Lipinski definition) is 5. The maximum absolute atomic E-state index is 12.7. The molecule has 2 aliphatic carbocycles. The van der Waals surface area contributed by atoms with E-state index in [0.717, 1.165) is 12.8 Å². The summed E-state index contributed by atoms with van der Waals surface area (Å²) in [6.45, 7) is 2.44. The lowest BCUT2D eigenvalue weighted by Gasteiger charge is -2.64. The second-order valence-electron chi connectivity index (χ2n) is 7.40. The molecule has 7 nitrogen and oxygen atoms in total. The lowest BCUT2D eigenvalue weighted by Crippen LogP contribution is -2.72. The Kier molecular flexibility index (Phi) is 3.81. The van der Waals surface area contributed by atoms with E-state index >= 15 is 0 Å². The first-order valence-electron chi connectivity index (χ1n) is 8.69. The lowest BCUT2D eigenvalue weighted by atomic mass is 9.46. The number of carbonyl (C=O) groups excluding carboxylic acids is 1. The van der Waals surface area contributed by atoms with Gasteiger partial charge in [0.15, 0.2) is 0 Å². The molecular formula is C17H23N3O4S. The van der Waals surface area contributed by atoms with Gasteiger partial charge in [0.1, 0.15) is 5.84 Å². The van der Waals surface area contributed by atoms with Gasteiger partial charge in [0.2, 0.25) is 0 Å². The van der Waals surface area contributed by atoms with Crippen LogP contribution in [0.15, 0.2) is 28.3 Å². The van der Waals surface area contributed by atoms with Crippen LogP contribution >= 0.6 is 0 Å². The van der Waals surface area contributed by atoms with Crippen LogP contribution in [0.3, 0.4) is 0 Å². The molecule has 0 bridgehead atoms. The first-order chi connectivity index (χ1) is 11.9. The summed E-state index contributed by atoms with van der Waals surface area (Å²) in [5.74, 6) is 0.504. The van der Waals surface area contributed by atoms with Crippen LogP contribution in [0.1, 0.15) is 26.2 Å². The van der Waals surface area contributed by atoms with Crippen LogP contribution < -0.4 is 5.32 Å². The van der Waals surface area contributed by atoms with Crippen molar-refractivity contribution in [1.82, 2.24) is 10.2 Å². The maximum atomic E-state index is 12.7. The predicted molar refractivity (Wildman–Crippen MR) is 93.3 cm³/mol. The molecule has 0 radical (unpaired) electrons. The summed E-state index contributed by atoms with van der Waals surface area (Å²) >= 11 is 0. The van der Waals surface area contributed by atoms with Gasteiger partial charge in [-0.3, -0.25) is 4.79 Å². The van der Waals surface area contributed by atoms with Gasteiger partial charge in [-0.25, -0.2) is 8.42 Å². The predicted octanol–water partition coefficient (Wildman–Crippen LogP) is 0.804. The SMILES string of the molecule is COC1C(C)C(NC(=O)C2=CN3CCS(=O)(=O)N=C3C=C2)C12CCC2. The summed E-state index contributed by atoms with van der Waals surface area (Å²) in [5, 5.41) is 3.18. The van der Waals surface area contributed by atoms with Gasteiger partial charge < -0.3 is 15.0 Å². The Morgan fingerprint density at radius 1 is 1.40 bits per heavy atom. The zero-order chi connectivity index (χ0) is 17.8. The van der Waals surface area contributed by atoms with Gasteiger partial charge in [0.25, 0.3) is 15.9 Å². The van der Waals surface area contributed by atoms with Crippen LogP contribution in [0.5, 0.6) is 0 Å². The van der Waals surface area contributed by atoms with Crippen LogP contribution in [-0.4, -0.2) is 56.6 Å². The molecule has 2 aliphatic heterocycles. The van der Waals surface area contributed by atoms with E-state index in [-0.39, 0.29) is 29.2 Å². The Labute approximate surface area is 147 Å². The highest BCUT2D eigenvalue weighted by Gasteiger charge is 2.63. The Bertz CT molecular complexity index is 795. The summed E-state index contributed by atoms with van der Waals surface area (Å²) < 4.78 is 32.5. The molecule has 0 aromatic carbocycles. The second-order valence-corrected chi connectivity index (χ2v) is 9.15. The van der Waals surface area contributed by atoms with Crippen molar-refractivity contribution in [3.05, 3.63) is 23.9 Å². The van der Waals surface area contributed by atoms with Gasteiger partial charge in [-0.15, -0.1) is 4.40 Å². The third-order valence-electron chi connectivity index (χ3n) is 6.10. The molecule has 2 heterocycles. The van der Waals surface area contributed by atoms with Gasteiger partial charge in [-0.2, -0.15) is 0 Å². The lowest BCUT2D eigenvalue weighted by molar-refractivity contribution is -0.201. The van der Waals surface area contributed by atoms with Crippen LogP contribution in [0.4, 0.5) is 0 Å². The van der Waals surface area contributed by atoms with E-state index in [4.69, 9.17) is 4.74 Å². The zero-order valence-electron chi connectivity index (χ0n) is 14.4. The second kappa shape index (κ2) is 5.67. The first-order valence-corrected chi connectivity index (χ1v) is 10.3. The molecule has 8 heteroatoms. The van der Waals surface area contributed by atoms with Crippen molar-refractivity contribution in [3.8, 4) is 0 Å². The standard InChI is InChI=1S/C17H23N3O4S/c1-11-14(17(6-3-7-17)15(11)24-2)18-16(21)12-4-5-13-19-25(22,23)9-8-20(13)10-12/h4-5,10-11,14-15H,3,6-9H2,1-2H3,(H,18,21). The molecule has 1 spiro atoms.